The Kier molecular flexibility index (Phi) is 6.35. The molecule has 32 heavy (non-hydrogen) atoms. The van der Waals surface area contributed by atoms with Gasteiger partial charge < -0.3 is 19.3 Å². The van der Waals surface area contributed by atoms with Crippen LogP contribution in [0.3, 0.4) is 0 Å². The third-order valence-electron chi connectivity index (χ3n) is 5.47. The van der Waals surface area contributed by atoms with Crippen molar-refractivity contribution in [2.75, 3.05) is 13.2 Å². The molecule has 0 radical (unpaired) electrons. The number of carbonyl (C=O) groups excluding carboxylic acids is 2. The lowest BCUT2D eigenvalue weighted by Crippen LogP contribution is -2.31. The Morgan fingerprint density at radius 3 is 2.47 bits per heavy atom. The first-order valence-corrected chi connectivity index (χ1v) is 10.6. The number of likely N-dealkylation sites (tertiary alicyclic amines) is 1. The first-order valence-electron chi connectivity index (χ1n) is 10.6. The first kappa shape index (κ1) is 21.4. The number of aromatic nitrogens is 2. The zero-order valence-electron chi connectivity index (χ0n) is 17.8. The second kappa shape index (κ2) is 9.51. The van der Waals surface area contributed by atoms with Crippen LogP contribution in [-0.4, -0.2) is 44.4 Å². The second-order valence-electron chi connectivity index (χ2n) is 7.51. The van der Waals surface area contributed by atoms with Crippen molar-refractivity contribution in [1.82, 2.24) is 14.5 Å². The fraction of sp³-hybridized carbons (Fsp3) is 0.240. The summed E-state index contributed by atoms with van der Waals surface area (Å²) in [6.07, 6.45) is 5.91. The van der Waals surface area contributed by atoms with Gasteiger partial charge in [0.1, 0.15) is 11.5 Å². The molecule has 4 rings (SSSR count). The highest BCUT2D eigenvalue weighted by atomic mass is 16.5. The Morgan fingerprint density at radius 1 is 1.06 bits per heavy atom. The molecule has 1 saturated heterocycles. The maximum Gasteiger partial charge on any atom is 0.295 e. The summed E-state index contributed by atoms with van der Waals surface area (Å²) < 4.78 is 7.45. The standard InChI is InChI=1S/C25H25N3O4/c1-2-32-20-11-9-18(10-12-20)22-21(23(29)19-7-4-3-5-8-19)24(30)25(31)28(22)15-6-14-27-16-13-26-17-27/h3-5,7-13,16-17,22,29H,2,6,14-15H2,1H3/b23-21+/t22-/m1/s1. The van der Waals surface area contributed by atoms with Crippen molar-refractivity contribution >= 4 is 17.4 Å². The molecule has 1 aliphatic heterocycles. The highest BCUT2D eigenvalue weighted by molar-refractivity contribution is 6.46. The zero-order valence-corrected chi connectivity index (χ0v) is 17.8. The Morgan fingerprint density at radius 2 is 1.81 bits per heavy atom. The minimum absolute atomic E-state index is 0.105. The number of amides is 1. The van der Waals surface area contributed by atoms with Crippen molar-refractivity contribution in [2.24, 2.45) is 0 Å². The molecule has 1 aliphatic rings. The van der Waals surface area contributed by atoms with E-state index in [2.05, 4.69) is 4.98 Å². The van der Waals surface area contributed by atoms with E-state index in [9.17, 15) is 14.7 Å². The van der Waals surface area contributed by atoms with E-state index in [0.717, 1.165) is 5.56 Å². The fourth-order valence-corrected chi connectivity index (χ4v) is 3.96. The molecule has 2 heterocycles. The van der Waals surface area contributed by atoms with Gasteiger partial charge in [-0.2, -0.15) is 0 Å². The van der Waals surface area contributed by atoms with E-state index in [1.165, 1.54) is 0 Å². The van der Waals surface area contributed by atoms with Gasteiger partial charge in [0.25, 0.3) is 11.7 Å². The van der Waals surface area contributed by atoms with E-state index < -0.39 is 17.7 Å². The highest BCUT2D eigenvalue weighted by Crippen LogP contribution is 2.39. The summed E-state index contributed by atoms with van der Waals surface area (Å²) in [4.78, 5) is 31.6. The van der Waals surface area contributed by atoms with Crippen molar-refractivity contribution in [1.29, 1.82) is 0 Å². The lowest BCUT2D eigenvalue weighted by atomic mass is 9.95. The minimum atomic E-state index is -0.673. The number of aliphatic hydroxyl groups excluding tert-OH is 1. The van der Waals surface area contributed by atoms with Crippen LogP contribution in [-0.2, 0) is 16.1 Å². The molecule has 1 fully saturated rings. The number of hydrogen-bond acceptors (Lipinski definition) is 5. The van der Waals surface area contributed by atoms with E-state index in [-0.39, 0.29) is 11.3 Å². The van der Waals surface area contributed by atoms with Crippen molar-refractivity contribution in [3.8, 4) is 5.75 Å². The van der Waals surface area contributed by atoms with Crippen LogP contribution in [0.1, 0.15) is 30.5 Å². The quantitative estimate of drug-likeness (QED) is 0.333. The summed E-state index contributed by atoms with van der Waals surface area (Å²) in [6, 6.07) is 15.5. The molecule has 1 amide bonds. The lowest BCUT2D eigenvalue weighted by Gasteiger charge is -2.25. The topological polar surface area (TPSA) is 84.7 Å². The van der Waals surface area contributed by atoms with Crippen LogP contribution >= 0.6 is 0 Å². The number of rotatable bonds is 8. The number of ketones is 1. The molecule has 7 nitrogen and oxygen atoms in total. The Hall–Kier alpha value is -3.87. The van der Waals surface area contributed by atoms with Crippen LogP contribution in [0.15, 0.2) is 78.9 Å². The van der Waals surface area contributed by atoms with Crippen molar-refractivity contribution < 1.29 is 19.4 Å². The SMILES string of the molecule is CCOc1ccc([C@@H]2/C(=C(\O)c3ccccc3)C(=O)C(=O)N2CCCn2ccnc2)cc1. The van der Waals surface area contributed by atoms with Gasteiger partial charge in [-0.3, -0.25) is 9.59 Å². The van der Waals surface area contributed by atoms with Gasteiger partial charge in [0.15, 0.2) is 0 Å². The molecular weight excluding hydrogens is 406 g/mol. The van der Waals surface area contributed by atoms with Gasteiger partial charge in [0.2, 0.25) is 0 Å². The first-order chi connectivity index (χ1) is 15.6. The molecule has 1 aromatic heterocycles. The third kappa shape index (κ3) is 4.27. The minimum Gasteiger partial charge on any atom is -0.507 e. The maximum absolute atomic E-state index is 13.0. The summed E-state index contributed by atoms with van der Waals surface area (Å²) in [5.41, 5.74) is 1.35. The van der Waals surface area contributed by atoms with Crippen molar-refractivity contribution in [3.63, 3.8) is 0 Å². The van der Waals surface area contributed by atoms with Gasteiger partial charge in [0.05, 0.1) is 24.5 Å². The molecule has 0 unspecified atom stereocenters. The fourth-order valence-electron chi connectivity index (χ4n) is 3.96. The number of aryl methyl sites for hydroxylation is 1. The van der Waals surface area contributed by atoms with Crippen molar-refractivity contribution in [3.05, 3.63) is 90.0 Å². The van der Waals surface area contributed by atoms with Crippen molar-refractivity contribution in [2.45, 2.75) is 25.9 Å². The second-order valence-corrected chi connectivity index (χ2v) is 7.51. The van der Waals surface area contributed by atoms with Gasteiger partial charge >= 0.3 is 0 Å². The summed E-state index contributed by atoms with van der Waals surface area (Å²) in [5.74, 6) is -0.740. The monoisotopic (exact) mass is 431 g/mol. The summed E-state index contributed by atoms with van der Waals surface area (Å²) in [5, 5.41) is 11.0. The summed E-state index contributed by atoms with van der Waals surface area (Å²) in [6.45, 7) is 3.48. The molecule has 1 atom stereocenters. The van der Waals surface area contributed by atoms with E-state index in [4.69, 9.17) is 4.74 Å². The number of aliphatic hydroxyl groups is 1. The smallest absolute Gasteiger partial charge is 0.295 e. The van der Waals surface area contributed by atoms with Crippen LogP contribution in [0, 0.1) is 0 Å². The predicted octanol–water partition coefficient (Wildman–Crippen LogP) is 3.79. The maximum atomic E-state index is 13.0. The average Bonchev–Trinajstić information content (AvgIpc) is 3.42. The average molecular weight is 431 g/mol. The number of nitrogens with zero attached hydrogens (tertiary/aromatic N) is 3. The summed E-state index contributed by atoms with van der Waals surface area (Å²) in [7, 11) is 0. The predicted molar refractivity (Wildman–Crippen MR) is 120 cm³/mol. The third-order valence-corrected chi connectivity index (χ3v) is 5.47. The molecule has 1 N–H and O–H groups in total. The zero-order chi connectivity index (χ0) is 22.5. The van der Waals surface area contributed by atoms with E-state index in [1.54, 1.807) is 41.7 Å². The molecule has 0 saturated carbocycles. The summed E-state index contributed by atoms with van der Waals surface area (Å²) >= 11 is 0. The molecule has 164 valence electrons. The van der Waals surface area contributed by atoms with Gasteiger partial charge in [-0.1, -0.05) is 42.5 Å². The van der Waals surface area contributed by atoms with Crippen LogP contribution < -0.4 is 4.74 Å². The largest absolute Gasteiger partial charge is 0.507 e. The molecule has 0 bridgehead atoms. The van der Waals surface area contributed by atoms with E-state index >= 15 is 0 Å². The Labute approximate surface area is 186 Å². The Bertz CT molecular complexity index is 1110. The number of Topliss-reactive ketones (excluding diaryl/α,β-unsaturated/α-hetero) is 1. The van der Waals surface area contributed by atoms with Crippen LogP contribution in [0.25, 0.3) is 5.76 Å². The molecule has 7 heteroatoms. The number of hydrogen-bond donors (Lipinski definition) is 1. The van der Waals surface area contributed by atoms with Crippen LogP contribution in [0.4, 0.5) is 0 Å². The highest BCUT2D eigenvalue weighted by Gasteiger charge is 2.45. The number of benzene rings is 2. The number of ether oxygens (including phenoxy) is 1. The molecule has 0 aliphatic carbocycles. The number of carbonyl (C=O) groups is 2. The van der Waals surface area contributed by atoms with Crippen LogP contribution in [0.5, 0.6) is 5.75 Å². The van der Waals surface area contributed by atoms with Gasteiger partial charge in [-0.25, -0.2) is 4.98 Å². The Balaban J connectivity index is 1.70. The van der Waals surface area contributed by atoms with Gasteiger partial charge in [-0.05, 0) is 31.0 Å². The van der Waals surface area contributed by atoms with Crippen LogP contribution in [0.2, 0.25) is 0 Å². The number of imidazole rings is 1. The molecule has 3 aromatic rings. The molecule has 0 spiro atoms. The van der Waals surface area contributed by atoms with Gasteiger partial charge in [0, 0.05) is 31.0 Å². The van der Waals surface area contributed by atoms with E-state index in [0.29, 0.717) is 37.4 Å². The molecule has 2 aromatic carbocycles. The molecular formula is C25H25N3O4. The lowest BCUT2D eigenvalue weighted by molar-refractivity contribution is -0.139. The normalized spacial score (nSPS) is 17.7. The van der Waals surface area contributed by atoms with Gasteiger partial charge in [-0.15, -0.1) is 0 Å². The van der Waals surface area contributed by atoms with E-state index in [1.807, 2.05) is 48.0 Å².